The van der Waals surface area contributed by atoms with E-state index in [0.717, 1.165) is 33.5 Å². The highest BCUT2D eigenvalue weighted by Crippen LogP contribution is 2.51. The lowest BCUT2D eigenvalue weighted by atomic mass is 10.00. The van der Waals surface area contributed by atoms with Gasteiger partial charge in [0.15, 0.2) is 11.5 Å². The van der Waals surface area contributed by atoms with Crippen LogP contribution in [0.5, 0.6) is 23.0 Å². The van der Waals surface area contributed by atoms with Crippen molar-refractivity contribution in [1.82, 2.24) is 19.9 Å². The molecule has 2 N–H and O–H groups in total. The van der Waals surface area contributed by atoms with Gasteiger partial charge in [0.25, 0.3) is 0 Å². The summed E-state index contributed by atoms with van der Waals surface area (Å²) in [6.45, 7) is 0. The summed E-state index contributed by atoms with van der Waals surface area (Å²) < 4.78 is 22.7. The molecule has 0 amide bonds. The second kappa shape index (κ2) is 9.89. The molecule has 0 radical (unpaired) electrons. The first-order valence-electron chi connectivity index (χ1n) is 12.2. The van der Waals surface area contributed by atoms with E-state index in [1.165, 1.54) is 0 Å². The van der Waals surface area contributed by atoms with Crippen LogP contribution in [0.25, 0.3) is 44.8 Å². The van der Waals surface area contributed by atoms with Crippen molar-refractivity contribution in [2.75, 3.05) is 28.4 Å². The summed E-state index contributed by atoms with van der Waals surface area (Å²) in [6, 6.07) is 17.7. The second-order valence-electron chi connectivity index (χ2n) is 8.91. The van der Waals surface area contributed by atoms with Crippen molar-refractivity contribution in [2.45, 2.75) is 0 Å². The lowest BCUT2D eigenvalue weighted by Crippen LogP contribution is -2.02. The zero-order valence-electron chi connectivity index (χ0n) is 21.8. The maximum absolute atomic E-state index is 7.07. The number of halogens is 1. The summed E-state index contributed by atoms with van der Waals surface area (Å²) >= 11 is 7.07. The predicted octanol–water partition coefficient (Wildman–Crippen LogP) is 6.68. The number of nitrogens with one attached hydrogen (secondary N) is 2. The van der Waals surface area contributed by atoms with Crippen molar-refractivity contribution in [3.05, 3.63) is 82.9 Å². The smallest absolute Gasteiger partial charge is 0.207 e. The van der Waals surface area contributed by atoms with Crippen molar-refractivity contribution < 1.29 is 18.9 Å². The van der Waals surface area contributed by atoms with Gasteiger partial charge in [0.1, 0.15) is 0 Å². The van der Waals surface area contributed by atoms with E-state index in [1.54, 1.807) is 28.4 Å². The Labute approximate surface area is 229 Å². The molecule has 6 rings (SSSR count). The number of hydrogen-bond donors (Lipinski definition) is 2. The third-order valence-corrected chi connectivity index (χ3v) is 6.92. The average Bonchev–Trinajstić information content (AvgIpc) is 3.73. The van der Waals surface area contributed by atoms with Crippen molar-refractivity contribution in [3.8, 4) is 23.0 Å². The molecule has 0 atom stereocenters. The Morgan fingerprint density at radius 2 is 1.18 bits per heavy atom. The minimum Gasteiger partial charge on any atom is -0.493 e. The first-order chi connectivity index (χ1) is 19.0. The van der Waals surface area contributed by atoms with Gasteiger partial charge in [-0.3, -0.25) is 0 Å². The molecule has 196 valence electrons. The summed E-state index contributed by atoms with van der Waals surface area (Å²) in [7, 11) is 6.23. The number of aromatic nitrogens is 4. The lowest BCUT2D eigenvalue weighted by Gasteiger charge is -2.19. The zero-order valence-corrected chi connectivity index (χ0v) is 22.5. The molecule has 39 heavy (non-hydrogen) atoms. The van der Waals surface area contributed by atoms with Gasteiger partial charge in [0.05, 0.1) is 56.2 Å². The molecule has 0 fully saturated rings. The number of hydrogen-bond acceptors (Lipinski definition) is 6. The molecule has 2 aliphatic rings. The number of nitrogens with zero attached hydrogens (tertiary/aromatic N) is 2. The molecule has 8 bridgehead atoms. The Morgan fingerprint density at radius 3 is 1.79 bits per heavy atom. The van der Waals surface area contributed by atoms with Crippen molar-refractivity contribution in [3.63, 3.8) is 0 Å². The standard InChI is InChI=1S/C30H25ClN4O4/c1-36-25-15-22(28(37-2)30(39-4)29(25)38-3)26-23-13-20-9-7-18(33-20)11-16-5-6-17(32-16)12-19-8-10-21(34-19)14-24(35-23)27(26)31/h5-15,32-33H,1-4H3. The molecule has 0 saturated heterocycles. The SMILES string of the molecule is COc1cc(C2=C(Cl)c3cc4nc(cc5ccc(cc6ccc(cc2n3)[nH]6)[nH]5)C=C4)c(OC)c(OC)c1OC. The highest BCUT2D eigenvalue weighted by Gasteiger charge is 2.29. The van der Waals surface area contributed by atoms with Crippen LogP contribution in [-0.4, -0.2) is 48.4 Å². The number of aromatic amines is 2. The van der Waals surface area contributed by atoms with Gasteiger partial charge < -0.3 is 28.9 Å². The van der Waals surface area contributed by atoms with Gasteiger partial charge in [0.2, 0.25) is 11.5 Å². The molecule has 3 aromatic heterocycles. The molecule has 8 nitrogen and oxygen atoms in total. The number of rotatable bonds is 5. The van der Waals surface area contributed by atoms with E-state index in [4.69, 9.17) is 40.5 Å². The molecule has 0 unspecified atom stereocenters. The summed E-state index contributed by atoms with van der Waals surface area (Å²) in [6.07, 6.45) is 3.89. The average molecular weight is 541 g/mol. The number of fused-ring (bicyclic) bond motifs is 8. The Morgan fingerprint density at radius 1 is 0.590 bits per heavy atom. The van der Waals surface area contributed by atoms with Gasteiger partial charge in [-0.15, -0.1) is 0 Å². The molecule has 0 saturated carbocycles. The fourth-order valence-corrected chi connectivity index (χ4v) is 5.11. The first kappa shape index (κ1) is 24.6. The van der Waals surface area contributed by atoms with Gasteiger partial charge in [-0.2, -0.15) is 0 Å². The minimum atomic E-state index is 0.390. The number of benzene rings is 1. The van der Waals surface area contributed by atoms with Gasteiger partial charge in [-0.25, -0.2) is 9.97 Å². The van der Waals surface area contributed by atoms with Crippen LogP contribution < -0.4 is 18.9 Å². The minimum absolute atomic E-state index is 0.390. The fourth-order valence-electron chi connectivity index (χ4n) is 4.81. The number of methoxy groups -OCH3 is 4. The highest BCUT2D eigenvalue weighted by molar-refractivity contribution is 6.53. The van der Waals surface area contributed by atoms with Gasteiger partial charge in [-0.1, -0.05) is 11.6 Å². The van der Waals surface area contributed by atoms with Crippen molar-refractivity contribution >= 4 is 56.4 Å². The highest BCUT2D eigenvalue weighted by atomic mass is 35.5. The van der Waals surface area contributed by atoms with Crippen LogP contribution in [0.3, 0.4) is 0 Å². The van der Waals surface area contributed by atoms with Crippen LogP contribution in [0.4, 0.5) is 0 Å². The summed E-state index contributed by atoms with van der Waals surface area (Å²) in [4.78, 5) is 16.5. The first-order valence-corrected chi connectivity index (χ1v) is 12.5. The fraction of sp³-hybridized carbons (Fsp3) is 0.133. The molecule has 9 heteroatoms. The maximum atomic E-state index is 7.07. The van der Waals surface area contributed by atoms with E-state index in [0.29, 0.717) is 50.6 Å². The van der Waals surface area contributed by atoms with Crippen LogP contribution in [0, 0.1) is 0 Å². The Balaban J connectivity index is 1.68. The van der Waals surface area contributed by atoms with Crippen LogP contribution in [0.15, 0.2) is 54.6 Å². The van der Waals surface area contributed by atoms with Gasteiger partial charge in [0, 0.05) is 33.2 Å². The Hall–Kier alpha value is -4.69. The van der Waals surface area contributed by atoms with E-state index < -0.39 is 0 Å². The molecular weight excluding hydrogens is 516 g/mol. The predicted molar refractivity (Wildman–Crippen MR) is 154 cm³/mol. The third kappa shape index (κ3) is 4.38. The van der Waals surface area contributed by atoms with E-state index in [-0.39, 0.29) is 0 Å². The van der Waals surface area contributed by atoms with E-state index in [9.17, 15) is 0 Å². The zero-order chi connectivity index (χ0) is 27.1. The van der Waals surface area contributed by atoms with Crippen molar-refractivity contribution in [1.29, 1.82) is 0 Å². The molecule has 0 spiro atoms. The van der Waals surface area contributed by atoms with Crippen LogP contribution in [0.1, 0.15) is 28.3 Å². The number of H-pyrrole nitrogens is 2. The maximum Gasteiger partial charge on any atom is 0.207 e. The molecule has 1 aromatic carbocycles. The third-order valence-electron chi connectivity index (χ3n) is 6.54. The molecule has 5 heterocycles. The quantitative estimate of drug-likeness (QED) is 0.258. The Bertz CT molecular complexity index is 1830. The van der Waals surface area contributed by atoms with E-state index >= 15 is 0 Å². The monoisotopic (exact) mass is 540 g/mol. The van der Waals surface area contributed by atoms with E-state index in [1.807, 2.05) is 66.7 Å². The Kier molecular flexibility index (Phi) is 6.24. The van der Waals surface area contributed by atoms with E-state index in [2.05, 4.69) is 9.97 Å². The summed E-state index contributed by atoms with van der Waals surface area (Å²) in [5.74, 6) is 1.72. The van der Waals surface area contributed by atoms with Crippen LogP contribution in [0.2, 0.25) is 0 Å². The molecule has 4 aromatic rings. The summed E-state index contributed by atoms with van der Waals surface area (Å²) in [5.41, 5.74) is 7.81. The largest absolute Gasteiger partial charge is 0.493 e. The molecule has 2 aliphatic heterocycles. The van der Waals surface area contributed by atoms with Crippen LogP contribution >= 0.6 is 11.6 Å². The van der Waals surface area contributed by atoms with Gasteiger partial charge >= 0.3 is 0 Å². The van der Waals surface area contributed by atoms with Crippen molar-refractivity contribution in [2.24, 2.45) is 0 Å². The molecule has 0 aliphatic carbocycles. The number of ether oxygens (including phenoxy) is 4. The molecular formula is C30H25ClN4O4. The lowest BCUT2D eigenvalue weighted by molar-refractivity contribution is 0.305. The normalized spacial score (nSPS) is 12.5. The second-order valence-corrected chi connectivity index (χ2v) is 9.29. The van der Waals surface area contributed by atoms with Gasteiger partial charge in [-0.05, 0) is 66.7 Å². The van der Waals surface area contributed by atoms with Crippen LogP contribution in [-0.2, 0) is 0 Å². The summed E-state index contributed by atoms with van der Waals surface area (Å²) in [5, 5.41) is 0.443. The topological polar surface area (TPSA) is 94.3 Å².